The van der Waals surface area contributed by atoms with Gasteiger partial charge < -0.3 is 9.80 Å². The fraction of sp³-hybridized carbons (Fsp3) is 0.538. The third-order valence-electron chi connectivity index (χ3n) is 4.05. The summed E-state index contributed by atoms with van der Waals surface area (Å²) in [5.41, 5.74) is 1.00. The van der Waals surface area contributed by atoms with E-state index in [1.807, 2.05) is 11.9 Å². The Kier molecular flexibility index (Phi) is 3.18. The molecule has 6 nitrogen and oxygen atoms in total. The fourth-order valence-corrected chi connectivity index (χ4v) is 3.79. The molecule has 0 amide bonds. The molecule has 4 rings (SSSR count). The van der Waals surface area contributed by atoms with Crippen LogP contribution in [0.15, 0.2) is 21.4 Å². The average Bonchev–Trinajstić information content (AvgIpc) is 3.05. The minimum Gasteiger partial charge on any atom is -0.338 e. The second kappa shape index (κ2) is 4.95. The molecule has 8 heteroatoms. The maximum Gasteiger partial charge on any atom is 0.224 e. The molecule has 1 atom stereocenters. The Labute approximate surface area is 133 Å². The number of hydrogen-bond donors (Lipinski definition) is 0. The van der Waals surface area contributed by atoms with E-state index >= 15 is 0 Å². The van der Waals surface area contributed by atoms with Crippen molar-refractivity contribution >= 4 is 40.6 Å². The summed E-state index contributed by atoms with van der Waals surface area (Å²) in [4.78, 5) is 15.3. The van der Waals surface area contributed by atoms with Crippen LogP contribution in [0.4, 0.5) is 5.69 Å². The summed E-state index contributed by atoms with van der Waals surface area (Å²) >= 11 is 8.11. The smallest absolute Gasteiger partial charge is 0.224 e. The Balaban J connectivity index is 1.75. The molecule has 0 aliphatic carbocycles. The van der Waals surface area contributed by atoms with Gasteiger partial charge >= 0.3 is 0 Å². The molecule has 0 spiro atoms. The van der Waals surface area contributed by atoms with Crippen molar-refractivity contribution in [2.45, 2.75) is 13.1 Å². The lowest BCUT2D eigenvalue weighted by Gasteiger charge is -2.40. The van der Waals surface area contributed by atoms with E-state index in [2.05, 4.69) is 28.3 Å². The lowest BCUT2D eigenvalue weighted by molar-refractivity contribution is 0.164. The van der Waals surface area contributed by atoms with Gasteiger partial charge in [-0.05, 0) is 25.4 Å². The first-order chi connectivity index (χ1) is 10.1. The van der Waals surface area contributed by atoms with Crippen LogP contribution in [-0.4, -0.2) is 70.5 Å². The summed E-state index contributed by atoms with van der Waals surface area (Å²) in [6.07, 6.45) is -0.0765. The van der Waals surface area contributed by atoms with Crippen molar-refractivity contribution in [3.05, 3.63) is 16.3 Å². The van der Waals surface area contributed by atoms with Crippen LogP contribution in [0.2, 0.25) is 0 Å². The largest absolute Gasteiger partial charge is 0.338 e. The Morgan fingerprint density at radius 1 is 1.29 bits per heavy atom. The van der Waals surface area contributed by atoms with Crippen LogP contribution in [0.1, 0.15) is 11.8 Å². The summed E-state index contributed by atoms with van der Waals surface area (Å²) in [5, 5.41) is 4.01. The molecule has 3 aliphatic rings. The van der Waals surface area contributed by atoms with Gasteiger partial charge in [0.15, 0.2) is 5.84 Å². The SMILES string of the molecule is CC1N=C2c3sccc3N=C(N3CCN(C)CC3)N2N1Cl. The topological polar surface area (TPSA) is 37.7 Å². The number of thiophene rings is 1. The van der Waals surface area contributed by atoms with Gasteiger partial charge in [0, 0.05) is 38.0 Å². The molecule has 1 fully saturated rings. The maximum absolute atomic E-state index is 6.44. The number of hydrazine groups is 1. The van der Waals surface area contributed by atoms with E-state index in [4.69, 9.17) is 21.8 Å². The normalized spacial score (nSPS) is 26.5. The van der Waals surface area contributed by atoms with Crippen molar-refractivity contribution in [3.63, 3.8) is 0 Å². The number of guanidine groups is 1. The van der Waals surface area contributed by atoms with Crippen LogP contribution in [-0.2, 0) is 0 Å². The first-order valence-corrected chi connectivity index (χ1v) is 8.30. The van der Waals surface area contributed by atoms with Gasteiger partial charge in [0.05, 0.1) is 10.6 Å². The van der Waals surface area contributed by atoms with Crippen molar-refractivity contribution in [1.29, 1.82) is 0 Å². The van der Waals surface area contributed by atoms with Crippen LogP contribution in [0, 0.1) is 0 Å². The number of hydrogen-bond acceptors (Lipinski definition) is 7. The molecule has 1 aromatic heterocycles. The molecular weight excluding hydrogens is 308 g/mol. The minimum atomic E-state index is -0.0765. The minimum absolute atomic E-state index is 0.0765. The summed E-state index contributed by atoms with van der Waals surface area (Å²) in [6.45, 7) is 5.98. The first kappa shape index (κ1) is 13.5. The third-order valence-corrected chi connectivity index (χ3v) is 5.39. The molecule has 0 radical (unpaired) electrons. The zero-order valence-corrected chi connectivity index (χ0v) is 13.6. The Morgan fingerprint density at radius 2 is 2.05 bits per heavy atom. The van der Waals surface area contributed by atoms with Crippen LogP contribution in [0.3, 0.4) is 0 Å². The fourth-order valence-electron chi connectivity index (χ4n) is 2.80. The second-order valence-corrected chi connectivity index (χ2v) is 6.78. The molecule has 0 aromatic carbocycles. The van der Waals surface area contributed by atoms with E-state index in [0.29, 0.717) is 0 Å². The number of amidine groups is 1. The molecule has 112 valence electrons. The van der Waals surface area contributed by atoms with E-state index < -0.39 is 0 Å². The van der Waals surface area contributed by atoms with Gasteiger partial charge in [0.25, 0.3) is 0 Å². The summed E-state index contributed by atoms with van der Waals surface area (Å²) < 4.78 is 1.65. The number of fused-ring (bicyclic) bond motifs is 3. The highest BCUT2D eigenvalue weighted by molar-refractivity contribution is 7.12. The van der Waals surface area contributed by atoms with Gasteiger partial charge in [0.2, 0.25) is 5.96 Å². The average molecular weight is 325 g/mol. The predicted octanol–water partition coefficient (Wildman–Crippen LogP) is 1.78. The van der Waals surface area contributed by atoms with Crippen molar-refractivity contribution in [2.24, 2.45) is 9.98 Å². The highest BCUT2D eigenvalue weighted by Crippen LogP contribution is 2.37. The number of likely N-dealkylation sites (N-methyl/N-ethyl adjacent to an activating group) is 1. The highest BCUT2D eigenvalue weighted by Gasteiger charge is 2.41. The van der Waals surface area contributed by atoms with Gasteiger partial charge in [-0.15, -0.1) is 11.3 Å². The number of aliphatic imine (C=N–C) groups is 2. The quantitative estimate of drug-likeness (QED) is 0.682. The molecule has 0 saturated carbocycles. The molecule has 1 saturated heterocycles. The van der Waals surface area contributed by atoms with Crippen LogP contribution in [0.5, 0.6) is 0 Å². The molecule has 0 bridgehead atoms. The first-order valence-electron chi connectivity index (χ1n) is 7.08. The van der Waals surface area contributed by atoms with Crippen molar-refractivity contribution in [2.75, 3.05) is 33.2 Å². The van der Waals surface area contributed by atoms with Gasteiger partial charge in [-0.3, -0.25) is 0 Å². The molecule has 0 N–H and O–H groups in total. The van der Waals surface area contributed by atoms with Gasteiger partial charge in [-0.2, -0.15) is 0 Å². The Hall–Kier alpha value is -1.15. The molecule has 3 aliphatic heterocycles. The van der Waals surface area contributed by atoms with Crippen LogP contribution >= 0.6 is 23.1 Å². The second-order valence-electron chi connectivity index (χ2n) is 5.52. The number of rotatable bonds is 0. The van der Waals surface area contributed by atoms with Crippen molar-refractivity contribution in [1.82, 2.24) is 19.3 Å². The lowest BCUT2D eigenvalue weighted by atomic mass is 10.3. The lowest BCUT2D eigenvalue weighted by Crippen LogP contribution is -2.56. The van der Waals surface area contributed by atoms with Crippen molar-refractivity contribution < 1.29 is 0 Å². The van der Waals surface area contributed by atoms with E-state index in [1.165, 1.54) is 0 Å². The molecule has 1 unspecified atom stereocenters. The summed E-state index contributed by atoms with van der Waals surface area (Å²) in [7, 11) is 2.15. The van der Waals surface area contributed by atoms with Crippen LogP contribution in [0.25, 0.3) is 0 Å². The summed E-state index contributed by atoms with van der Waals surface area (Å²) in [6, 6.07) is 2.05. The van der Waals surface area contributed by atoms with Gasteiger partial charge in [-0.1, -0.05) is 4.53 Å². The summed E-state index contributed by atoms with van der Waals surface area (Å²) in [5.74, 6) is 1.82. The maximum atomic E-state index is 6.44. The highest BCUT2D eigenvalue weighted by atomic mass is 35.5. The monoisotopic (exact) mass is 324 g/mol. The van der Waals surface area contributed by atoms with Gasteiger partial charge in [-0.25, -0.2) is 15.0 Å². The standard InChI is InChI=1S/C13H17ClN6S/c1-9-15-12-11-10(3-8-21-11)16-13(19(12)20(9)14)18-6-4-17(2)5-7-18/h3,8-9H,4-7H2,1-2H3. The van der Waals surface area contributed by atoms with E-state index in [9.17, 15) is 0 Å². The van der Waals surface area contributed by atoms with E-state index in [0.717, 1.165) is 48.5 Å². The molecule has 1 aromatic rings. The molecular formula is C13H17ClN6S. The number of halogens is 1. The predicted molar refractivity (Wildman–Crippen MR) is 86.0 cm³/mol. The zero-order valence-electron chi connectivity index (χ0n) is 12.0. The van der Waals surface area contributed by atoms with Crippen molar-refractivity contribution in [3.8, 4) is 0 Å². The van der Waals surface area contributed by atoms with Gasteiger partial charge in [0.1, 0.15) is 6.17 Å². The van der Waals surface area contributed by atoms with E-state index in [-0.39, 0.29) is 6.17 Å². The number of piperazine rings is 1. The zero-order chi connectivity index (χ0) is 14.6. The molecule has 4 heterocycles. The Morgan fingerprint density at radius 3 is 2.81 bits per heavy atom. The van der Waals surface area contributed by atoms with E-state index in [1.54, 1.807) is 15.9 Å². The molecule has 21 heavy (non-hydrogen) atoms. The number of nitrogens with zero attached hydrogens (tertiary/aromatic N) is 6. The van der Waals surface area contributed by atoms with Crippen LogP contribution < -0.4 is 0 Å². The Bertz CT molecular complexity index is 618. The third kappa shape index (κ3) is 2.07.